The SMILES string of the molecule is CCCN1CC[C@H]2[C@@H](C1)c1cc(-c3ccc(Cl)cc3Cl)cc3c1N2CCC3. The average molecular weight is 401 g/mol. The fourth-order valence-electron chi connectivity index (χ4n) is 5.51. The van der Waals surface area contributed by atoms with Gasteiger partial charge in [0.15, 0.2) is 0 Å². The second-order valence-corrected chi connectivity index (χ2v) is 9.10. The highest BCUT2D eigenvalue weighted by Crippen LogP contribution is 2.50. The summed E-state index contributed by atoms with van der Waals surface area (Å²) in [5.41, 5.74) is 6.96. The van der Waals surface area contributed by atoms with E-state index in [4.69, 9.17) is 23.2 Å². The zero-order chi connectivity index (χ0) is 18.5. The van der Waals surface area contributed by atoms with Gasteiger partial charge in [0.05, 0.1) is 0 Å². The predicted molar refractivity (Wildman–Crippen MR) is 115 cm³/mol. The Balaban J connectivity index is 1.60. The van der Waals surface area contributed by atoms with Crippen molar-refractivity contribution in [3.63, 3.8) is 0 Å². The van der Waals surface area contributed by atoms with Crippen LogP contribution in [0.25, 0.3) is 11.1 Å². The second-order valence-electron chi connectivity index (χ2n) is 8.26. The molecule has 1 fully saturated rings. The highest BCUT2D eigenvalue weighted by Gasteiger charge is 2.43. The molecule has 142 valence electrons. The van der Waals surface area contributed by atoms with Crippen LogP contribution in [0.15, 0.2) is 30.3 Å². The van der Waals surface area contributed by atoms with E-state index in [0.717, 1.165) is 10.6 Å². The van der Waals surface area contributed by atoms with Crippen LogP contribution in [0.1, 0.15) is 43.2 Å². The van der Waals surface area contributed by atoms with E-state index in [0.29, 0.717) is 17.0 Å². The highest BCUT2D eigenvalue weighted by atomic mass is 35.5. The molecule has 0 amide bonds. The first-order valence-electron chi connectivity index (χ1n) is 10.3. The van der Waals surface area contributed by atoms with Crippen molar-refractivity contribution in [1.29, 1.82) is 0 Å². The number of piperidine rings is 1. The number of hydrogen-bond donors (Lipinski definition) is 0. The Morgan fingerprint density at radius 2 is 2.00 bits per heavy atom. The number of fused-ring (bicyclic) bond motifs is 3. The Hall–Kier alpha value is -1.22. The standard InChI is InChI=1S/C23H26Cl2N2/c1-2-8-26-10-7-22-20(14-26)19-12-16(18-6-5-17(24)13-21(18)25)11-15-4-3-9-27(22)23(15)19/h5-6,11-13,20,22H,2-4,7-10,14H2,1H3/t20-,22-/m0/s1. The maximum Gasteiger partial charge on any atom is 0.0499 e. The molecule has 0 spiro atoms. The molecule has 0 aromatic heterocycles. The Morgan fingerprint density at radius 3 is 2.81 bits per heavy atom. The van der Waals surface area contributed by atoms with Gasteiger partial charge in [-0.2, -0.15) is 0 Å². The van der Waals surface area contributed by atoms with Gasteiger partial charge in [0.25, 0.3) is 0 Å². The van der Waals surface area contributed by atoms with E-state index >= 15 is 0 Å². The van der Waals surface area contributed by atoms with Gasteiger partial charge in [-0.3, -0.25) is 0 Å². The van der Waals surface area contributed by atoms with Gasteiger partial charge < -0.3 is 9.80 Å². The van der Waals surface area contributed by atoms with Gasteiger partial charge >= 0.3 is 0 Å². The summed E-state index contributed by atoms with van der Waals surface area (Å²) in [6.45, 7) is 7.15. The number of anilines is 1. The fourth-order valence-corrected chi connectivity index (χ4v) is 6.03. The molecule has 3 aliphatic rings. The fraction of sp³-hybridized carbons (Fsp3) is 0.478. The van der Waals surface area contributed by atoms with Gasteiger partial charge in [-0.25, -0.2) is 0 Å². The zero-order valence-electron chi connectivity index (χ0n) is 15.8. The lowest BCUT2D eigenvalue weighted by Gasteiger charge is -2.40. The van der Waals surface area contributed by atoms with E-state index in [1.807, 2.05) is 12.1 Å². The molecule has 0 aliphatic carbocycles. The molecule has 2 atom stereocenters. The molecule has 0 N–H and O–H groups in total. The summed E-state index contributed by atoms with van der Waals surface area (Å²) in [5, 5.41) is 1.44. The number of aryl methyl sites for hydroxylation is 1. The molecule has 5 rings (SSSR count). The third kappa shape index (κ3) is 2.97. The predicted octanol–water partition coefficient (Wildman–Crippen LogP) is 5.99. The summed E-state index contributed by atoms with van der Waals surface area (Å²) in [6, 6.07) is 11.4. The Kier molecular flexibility index (Phi) is 4.62. The minimum absolute atomic E-state index is 0.628. The number of rotatable bonds is 3. The van der Waals surface area contributed by atoms with Crippen LogP contribution in [-0.2, 0) is 6.42 Å². The summed E-state index contributed by atoms with van der Waals surface area (Å²) < 4.78 is 0. The van der Waals surface area contributed by atoms with Gasteiger partial charge in [-0.15, -0.1) is 0 Å². The Labute approximate surface area is 172 Å². The molecular formula is C23H26Cl2N2. The molecule has 0 saturated carbocycles. The number of likely N-dealkylation sites (tertiary alicyclic amines) is 1. The molecule has 1 saturated heterocycles. The second kappa shape index (κ2) is 6.99. The minimum Gasteiger partial charge on any atom is -0.367 e. The smallest absolute Gasteiger partial charge is 0.0499 e. The molecule has 0 unspecified atom stereocenters. The summed E-state index contributed by atoms with van der Waals surface area (Å²) in [7, 11) is 0. The molecule has 27 heavy (non-hydrogen) atoms. The topological polar surface area (TPSA) is 6.48 Å². The number of hydrogen-bond acceptors (Lipinski definition) is 2. The van der Waals surface area contributed by atoms with Crippen molar-refractivity contribution in [2.75, 3.05) is 31.1 Å². The van der Waals surface area contributed by atoms with Crippen molar-refractivity contribution < 1.29 is 0 Å². The monoisotopic (exact) mass is 400 g/mol. The van der Waals surface area contributed by atoms with Crippen LogP contribution in [0, 0.1) is 0 Å². The van der Waals surface area contributed by atoms with E-state index in [9.17, 15) is 0 Å². The lowest BCUT2D eigenvalue weighted by Crippen LogP contribution is -2.47. The maximum atomic E-state index is 6.55. The zero-order valence-corrected chi connectivity index (χ0v) is 17.4. The molecule has 0 radical (unpaired) electrons. The Morgan fingerprint density at radius 1 is 1.11 bits per heavy atom. The molecular weight excluding hydrogens is 375 g/mol. The molecule has 3 aliphatic heterocycles. The van der Waals surface area contributed by atoms with Crippen molar-refractivity contribution in [3.05, 3.63) is 51.5 Å². The van der Waals surface area contributed by atoms with Gasteiger partial charge in [0, 0.05) is 52.9 Å². The van der Waals surface area contributed by atoms with Crippen molar-refractivity contribution in [2.24, 2.45) is 0 Å². The van der Waals surface area contributed by atoms with Crippen LogP contribution in [0.3, 0.4) is 0 Å². The van der Waals surface area contributed by atoms with Crippen molar-refractivity contribution >= 4 is 28.9 Å². The highest BCUT2D eigenvalue weighted by molar-refractivity contribution is 6.36. The Bertz CT molecular complexity index is 879. The first kappa shape index (κ1) is 17.8. The first-order valence-corrected chi connectivity index (χ1v) is 11.0. The van der Waals surface area contributed by atoms with E-state index < -0.39 is 0 Å². The lowest BCUT2D eigenvalue weighted by atomic mass is 9.86. The third-order valence-corrected chi connectivity index (χ3v) is 7.14. The summed E-state index contributed by atoms with van der Waals surface area (Å²) in [5.74, 6) is 0.628. The van der Waals surface area contributed by atoms with Crippen LogP contribution in [0.4, 0.5) is 5.69 Å². The number of halogens is 2. The largest absolute Gasteiger partial charge is 0.367 e. The molecule has 2 nitrogen and oxygen atoms in total. The van der Waals surface area contributed by atoms with Crippen LogP contribution in [0.5, 0.6) is 0 Å². The average Bonchev–Trinajstić information content (AvgIpc) is 2.97. The first-order chi connectivity index (χ1) is 13.2. The molecule has 4 heteroatoms. The molecule has 2 aromatic rings. The van der Waals surface area contributed by atoms with Crippen LogP contribution in [0.2, 0.25) is 10.0 Å². The van der Waals surface area contributed by atoms with Crippen molar-refractivity contribution in [3.8, 4) is 11.1 Å². The van der Waals surface area contributed by atoms with Crippen LogP contribution in [-0.4, -0.2) is 37.1 Å². The molecule has 2 aromatic carbocycles. The van der Waals surface area contributed by atoms with Gasteiger partial charge in [0.1, 0.15) is 0 Å². The van der Waals surface area contributed by atoms with Gasteiger partial charge in [0.2, 0.25) is 0 Å². The van der Waals surface area contributed by atoms with Crippen LogP contribution < -0.4 is 4.90 Å². The number of nitrogens with zero attached hydrogens (tertiary/aromatic N) is 2. The summed E-state index contributed by atoms with van der Waals surface area (Å²) in [4.78, 5) is 5.39. The third-order valence-electron chi connectivity index (χ3n) is 6.59. The van der Waals surface area contributed by atoms with Gasteiger partial charge in [-0.1, -0.05) is 36.2 Å². The van der Waals surface area contributed by atoms with E-state index in [1.165, 1.54) is 63.0 Å². The van der Waals surface area contributed by atoms with E-state index in [2.05, 4.69) is 34.9 Å². The molecule has 0 bridgehead atoms. The summed E-state index contributed by atoms with van der Waals surface area (Å²) in [6.07, 6.45) is 4.96. The van der Waals surface area contributed by atoms with E-state index in [-0.39, 0.29) is 0 Å². The normalized spacial score (nSPS) is 24.0. The van der Waals surface area contributed by atoms with E-state index in [1.54, 1.807) is 11.3 Å². The van der Waals surface area contributed by atoms with Gasteiger partial charge in [-0.05, 0) is 73.2 Å². The quantitative estimate of drug-likeness (QED) is 0.623. The van der Waals surface area contributed by atoms with Crippen molar-refractivity contribution in [1.82, 2.24) is 4.90 Å². The summed E-state index contributed by atoms with van der Waals surface area (Å²) >= 11 is 12.7. The van der Waals surface area contributed by atoms with Crippen molar-refractivity contribution in [2.45, 2.75) is 44.6 Å². The van der Waals surface area contributed by atoms with Crippen LogP contribution >= 0.6 is 23.2 Å². The minimum atomic E-state index is 0.628. The lowest BCUT2D eigenvalue weighted by molar-refractivity contribution is 0.193. The molecule has 3 heterocycles. The maximum absolute atomic E-state index is 6.55. The number of benzene rings is 2.